The highest BCUT2D eigenvalue weighted by Gasteiger charge is 2.30. The minimum absolute atomic E-state index is 0.128. The fraction of sp³-hybridized carbons (Fsp3) is 0.440. The summed E-state index contributed by atoms with van der Waals surface area (Å²) in [5.41, 5.74) is 0.573. The smallest absolute Gasteiger partial charge is 0.260 e. The lowest BCUT2D eigenvalue weighted by Crippen LogP contribution is -2.39. The first-order valence-electron chi connectivity index (χ1n) is 11.9. The molecule has 2 fully saturated rings. The molecule has 2 atom stereocenters. The average molecular weight is 518 g/mol. The average Bonchev–Trinajstić information content (AvgIpc) is 3.53. The van der Waals surface area contributed by atoms with Crippen LogP contribution in [0.25, 0.3) is 10.2 Å². The summed E-state index contributed by atoms with van der Waals surface area (Å²) < 4.78 is 48.4. The molecule has 3 aromatic rings. The van der Waals surface area contributed by atoms with Crippen LogP contribution in [0.4, 0.5) is 9.52 Å². The molecule has 1 amide bonds. The molecular weight excluding hydrogens is 489 g/mol. The Bertz CT molecular complexity index is 1320. The summed E-state index contributed by atoms with van der Waals surface area (Å²) in [6.45, 7) is 4.01. The number of nitrogens with zero attached hydrogens (tertiary/aromatic N) is 3. The Kier molecular flexibility index (Phi) is 6.89. The molecule has 7 nitrogen and oxygen atoms in total. The molecule has 186 valence electrons. The van der Waals surface area contributed by atoms with Crippen LogP contribution in [0.3, 0.4) is 0 Å². The second kappa shape index (κ2) is 9.93. The molecule has 2 aliphatic heterocycles. The van der Waals surface area contributed by atoms with Gasteiger partial charge in [-0.3, -0.25) is 9.69 Å². The van der Waals surface area contributed by atoms with Crippen LogP contribution in [0.15, 0.2) is 47.4 Å². The van der Waals surface area contributed by atoms with Crippen LogP contribution in [0.1, 0.15) is 43.0 Å². The Labute approximate surface area is 208 Å². The number of ether oxygens (including phenoxy) is 1. The van der Waals surface area contributed by atoms with E-state index in [1.54, 1.807) is 24.3 Å². The number of benzene rings is 2. The molecule has 5 rings (SSSR count). The SMILES string of the molecule is CC1CCCN(S(=O)(=O)c2ccc(C(=O)N(CC3CCCO3)c3nc4c(F)cccc4s3)cc2)C1. The van der Waals surface area contributed by atoms with Crippen LogP contribution >= 0.6 is 11.3 Å². The first-order valence-corrected chi connectivity index (χ1v) is 14.2. The van der Waals surface area contributed by atoms with Gasteiger partial charge in [0, 0.05) is 25.3 Å². The van der Waals surface area contributed by atoms with Crippen molar-refractivity contribution in [2.45, 2.75) is 43.6 Å². The molecule has 2 saturated heterocycles. The largest absolute Gasteiger partial charge is 0.376 e. The van der Waals surface area contributed by atoms with Crippen LogP contribution in [-0.2, 0) is 14.8 Å². The number of halogens is 1. The second-order valence-corrected chi connectivity index (χ2v) is 12.2. The Morgan fingerprint density at radius 1 is 1.20 bits per heavy atom. The normalized spacial score (nSPS) is 21.4. The van der Waals surface area contributed by atoms with Crippen molar-refractivity contribution in [3.8, 4) is 0 Å². The van der Waals surface area contributed by atoms with Gasteiger partial charge in [-0.25, -0.2) is 17.8 Å². The van der Waals surface area contributed by atoms with E-state index in [1.807, 2.05) is 0 Å². The zero-order valence-corrected chi connectivity index (χ0v) is 21.2. The Morgan fingerprint density at radius 2 is 2.00 bits per heavy atom. The summed E-state index contributed by atoms with van der Waals surface area (Å²) in [5.74, 6) is -0.434. The molecule has 3 heterocycles. The highest BCUT2D eigenvalue weighted by molar-refractivity contribution is 7.89. The third kappa shape index (κ3) is 4.97. The quantitative estimate of drug-likeness (QED) is 0.474. The molecule has 2 unspecified atom stereocenters. The summed E-state index contributed by atoms with van der Waals surface area (Å²) in [5, 5.41) is 0.393. The van der Waals surface area contributed by atoms with Crippen LogP contribution in [-0.4, -0.2) is 56.0 Å². The van der Waals surface area contributed by atoms with Gasteiger partial charge in [0.25, 0.3) is 5.91 Å². The van der Waals surface area contributed by atoms with Crippen molar-refractivity contribution in [1.29, 1.82) is 0 Å². The molecule has 1 aromatic heterocycles. The molecule has 2 aliphatic rings. The van der Waals surface area contributed by atoms with Gasteiger partial charge in [-0.1, -0.05) is 24.3 Å². The number of hydrogen-bond donors (Lipinski definition) is 0. The van der Waals surface area contributed by atoms with E-state index in [4.69, 9.17) is 4.74 Å². The minimum atomic E-state index is -3.61. The summed E-state index contributed by atoms with van der Waals surface area (Å²) in [4.78, 5) is 19.7. The van der Waals surface area contributed by atoms with Gasteiger partial charge >= 0.3 is 0 Å². The van der Waals surface area contributed by atoms with E-state index < -0.39 is 15.8 Å². The van der Waals surface area contributed by atoms with E-state index in [0.29, 0.717) is 47.6 Å². The third-order valence-corrected chi connectivity index (χ3v) is 9.53. The van der Waals surface area contributed by atoms with Crippen LogP contribution in [0.5, 0.6) is 0 Å². The fourth-order valence-electron chi connectivity index (χ4n) is 4.70. The molecule has 0 spiro atoms. The van der Waals surface area contributed by atoms with E-state index >= 15 is 0 Å². The first-order chi connectivity index (χ1) is 16.8. The standard InChI is InChI=1S/C25H28FN3O4S2/c1-17-5-3-13-28(15-17)35(31,32)20-11-9-18(10-12-20)24(30)29(16-19-6-4-14-33-19)25-27-23-21(26)7-2-8-22(23)34-25/h2,7-12,17,19H,3-6,13-16H2,1H3. The molecular formula is C25H28FN3O4S2. The maximum atomic E-state index is 14.3. The number of carbonyl (C=O) groups is 1. The number of aromatic nitrogens is 1. The number of rotatable bonds is 6. The number of piperidine rings is 1. The van der Waals surface area contributed by atoms with Crippen LogP contribution < -0.4 is 4.90 Å². The van der Waals surface area contributed by atoms with Crippen LogP contribution in [0, 0.1) is 11.7 Å². The Morgan fingerprint density at radius 3 is 2.69 bits per heavy atom. The number of fused-ring (bicyclic) bond motifs is 1. The number of para-hydroxylation sites is 1. The number of sulfonamides is 1. The van der Waals surface area contributed by atoms with Gasteiger partial charge in [0.15, 0.2) is 5.13 Å². The molecule has 0 N–H and O–H groups in total. The van der Waals surface area contributed by atoms with E-state index in [2.05, 4.69) is 11.9 Å². The van der Waals surface area contributed by atoms with E-state index in [1.165, 1.54) is 38.7 Å². The number of carbonyl (C=O) groups excluding carboxylic acids is 1. The van der Waals surface area contributed by atoms with Crippen LogP contribution in [0.2, 0.25) is 0 Å². The predicted molar refractivity (Wildman–Crippen MR) is 134 cm³/mol. The molecule has 0 aliphatic carbocycles. The third-order valence-electron chi connectivity index (χ3n) is 6.60. The van der Waals surface area contributed by atoms with Gasteiger partial charge in [-0.15, -0.1) is 0 Å². The molecule has 2 aromatic carbocycles. The lowest BCUT2D eigenvalue weighted by atomic mass is 10.0. The molecule has 0 bridgehead atoms. The van der Waals surface area contributed by atoms with Crippen molar-refractivity contribution in [3.63, 3.8) is 0 Å². The number of thiazole rings is 1. The minimum Gasteiger partial charge on any atom is -0.376 e. The zero-order valence-electron chi connectivity index (χ0n) is 19.5. The molecule has 10 heteroatoms. The predicted octanol–water partition coefficient (Wildman–Crippen LogP) is 4.68. The maximum Gasteiger partial charge on any atom is 0.260 e. The molecule has 0 radical (unpaired) electrons. The van der Waals surface area contributed by atoms with Crippen molar-refractivity contribution < 1.29 is 22.3 Å². The Balaban J connectivity index is 1.43. The fourth-order valence-corrected chi connectivity index (χ4v) is 7.28. The highest BCUT2D eigenvalue weighted by atomic mass is 32.2. The molecule has 0 saturated carbocycles. The number of amides is 1. The van der Waals surface area contributed by atoms with Crippen molar-refractivity contribution in [3.05, 3.63) is 53.8 Å². The van der Waals surface area contributed by atoms with Gasteiger partial charge in [-0.2, -0.15) is 4.31 Å². The van der Waals surface area contributed by atoms with E-state index in [0.717, 1.165) is 25.7 Å². The second-order valence-electron chi connectivity index (χ2n) is 9.27. The molecule has 35 heavy (non-hydrogen) atoms. The first kappa shape index (κ1) is 24.3. The highest BCUT2D eigenvalue weighted by Crippen LogP contribution is 2.32. The zero-order chi connectivity index (χ0) is 24.6. The van der Waals surface area contributed by atoms with Crippen molar-refractivity contribution >= 4 is 42.6 Å². The lowest BCUT2D eigenvalue weighted by molar-refractivity contribution is 0.0917. The van der Waals surface area contributed by atoms with Crippen molar-refractivity contribution in [2.75, 3.05) is 31.1 Å². The summed E-state index contributed by atoms with van der Waals surface area (Å²) in [6.07, 6.45) is 3.49. The lowest BCUT2D eigenvalue weighted by Gasteiger charge is -2.30. The summed E-state index contributed by atoms with van der Waals surface area (Å²) in [7, 11) is -3.61. The summed E-state index contributed by atoms with van der Waals surface area (Å²) in [6, 6.07) is 10.8. The Hall–Kier alpha value is -2.40. The van der Waals surface area contributed by atoms with Gasteiger partial charge < -0.3 is 4.74 Å². The van der Waals surface area contributed by atoms with E-state index in [-0.39, 0.29) is 22.4 Å². The topological polar surface area (TPSA) is 79.8 Å². The van der Waals surface area contributed by atoms with Crippen molar-refractivity contribution in [2.24, 2.45) is 5.92 Å². The van der Waals surface area contributed by atoms with Gasteiger partial charge in [-0.05, 0) is 68.0 Å². The van der Waals surface area contributed by atoms with E-state index in [9.17, 15) is 17.6 Å². The number of anilines is 1. The summed E-state index contributed by atoms with van der Waals surface area (Å²) >= 11 is 1.25. The van der Waals surface area contributed by atoms with Gasteiger partial charge in [0.2, 0.25) is 10.0 Å². The monoisotopic (exact) mass is 517 g/mol. The maximum absolute atomic E-state index is 14.3. The van der Waals surface area contributed by atoms with Gasteiger partial charge in [0.05, 0.1) is 22.2 Å². The van der Waals surface area contributed by atoms with Gasteiger partial charge in [0.1, 0.15) is 11.3 Å². The van der Waals surface area contributed by atoms with Crippen molar-refractivity contribution in [1.82, 2.24) is 9.29 Å². The number of hydrogen-bond acceptors (Lipinski definition) is 6.